The van der Waals surface area contributed by atoms with Gasteiger partial charge in [0.2, 0.25) is 0 Å². The number of fused-ring (bicyclic) bond motifs is 1. The van der Waals surface area contributed by atoms with Gasteiger partial charge in [-0.25, -0.2) is 0 Å². The Morgan fingerprint density at radius 2 is 1.58 bits per heavy atom. The third kappa shape index (κ3) is 1.15. The van der Waals surface area contributed by atoms with E-state index in [0.717, 1.165) is 0 Å². The first-order valence-electron chi connectivity index (χ1n) is 3.61. The van der Waals surface area contributed by atoms with Crippen LogP contribution in [0.1, 0.15) is 13.8 Å². The fraction of sp³-hybridized carbons (Fsp3) is 0.714. The summed E-state index contributed by atoms with van der Waals surface area (Å²) in [7, 11) is 0. The van der Waals surface area contributed by atoms with Gasteiger partial charge < -0.3 is 4.74 Å². The number of rotatable bonds is 0. The predicted octanol–water partition coefficient (Wildman–Crippen LogP) is 1.02. The van der Waals surface area contributed by atoms with E-state index < -0.39 is 0 Å². The summed E-state index contributed by atoms with van der Waals surface area (Å²) in [4.78, 5) is 22.2. The number of carbonyl (C=O) groups excluding carboxylic acids is 2. The molecule has 0 aromatic carbocycles. The van der Waals surface area contributed by atoms with Gasteiger partial charge in [-0.05, 0) is 13.8 Å². The highest BCUT2D eigenvalue weighted by molar-refractivity contribution is 8.22. The lowest BCUT2D eigenvalue weighted by Gasteiger charge is -2.15. The molecule has 0 aromatic heterocycles. The molecule has 0 radical (unpaired) electrons. The predicted molar refractivity (Wildman–Crippen MR) is 47.9 cm³/mol. The van der Waals surface area contributed by atoms with Gasteiger partial charge in [-0.3, -0.25) is 9.59 Å². The summed E-state index contributed by atoms with van der Waals surface area (Å²) >= 11 is 3.04. The molecule has 0 aromatic rings. The smallest absolute Gasteiger partial charge is 0.328 e. The second-order valence-corrected chi connectivity index (χ2v) is 7.00. The zero-order valence-electron chi connectivity index (χ0n) is 6.70. The molecular weight excluding hydrogens is 196 g/mol. The first-order chi connectivity index (χ1) is 5.49. The van der Waals surface area contributed by atoms with Gasteiger partial charge in [-0.15, -0.1) is 23.5 Å². The quantitative estimate of drug-likeness (QED) is 0.435. The molecule has 5 heteroatoms. The molecule has 12 heavy (non-hydrogen) atoms. The minimum absolute atomic E-state index is 0.0373. The van der Waals surface area contributed by atoms with E-state index in [0.29, 0.717) is 0 Å². The molecule has 0 amide bonds. The Morgan fingerprint density at radius 3 is 2.00 bits per heavy atom. The summed E-state index contributed by atoms with van der Waals surface area (Å²) in [5.41, 5.74) is 0. The lowest BCUT2D eigenvalue weighted by atomic mass is 10.3. The molecule has 2 atom stereocenters. The molecule has 2 rings (SSSR count). The molecule has 2 aliphatic rings. The summed E-state index contributed by atoms with van der Waals surface area (Å²) in [6.45, 7) is 4.03. The van der Waals surface area contributed by atoms with Crippen LogP contribution in [0.15, 0.2) is 0 Å². The van der Waals surface area contributed by atoms with Crippen LogP contribution in [0.25, 0.3) is 0 Å². The molecule has 0 N–H and O–H groups in total. The number of hydrogen-bond donors (Lipinski definition) is 0. The molecule has 2 aliphatic heterocycles. The van der Waals surface area contributed by atoms with Crippen LogP contribution in [0.3, 0.4) is 0 Å². The van der Waals surface area contributed by atoms with Crippen LogP contribution in [0.5, 0.6) is 0 Å². The van der Waals surface area contributed by atoms with E-state index >= 15 is 0 Å². The zero-order valence-corrected chi connectivity index (χ0v) is 8.33. The van der Waals surface area contributed by atoms with Gasteiger partial charge in [-0.1, -0.05) is 0 Å². The van der Waals surface area contributed by atoms with Crippen LogP contribution in [0.2, 0.25) is 0 Å². The van der Waals surface area contributed by atoms with Crippen LogP contribution in [0.4, 0.5) is 0 Å². The fourth-order valence-corrected chi connectivity index (χ4v) is 4.48. The average molecular weight is 204 g/mol. The van der Waals surface area contributed by atoms with Crippen molar-refractivity contribution in [2.75, 3.05) is 0 Å². The van der Waals surface area contributed by atoms with Gasteiger partial charge in [0.05, 0.1) is 4.08 Å². The van der Waals surface area contributed by atoms with Crippen LogP contribution in [-0.4, -0.2) is 26.5 Å². The number of ether oxygens (including phenoxy) is 1. The minimum atomic E-state index is -0.368. The number of carbonyl (C=O) groups is 2. The molecule has 0 saturated carbocycles. The fourth-order valence-electron chi connectivity index (χ4n) is 1.32. The zero-order chi connectivity index (χ0) is 8.93. The Balaban J connectivity index is 2.26. The van der Waals surface area contributed by atoms with E-state index in [4.69, 9.17) is 0 Å². The maximum absolute atomic E-state index is 11.1. The van der Waals surface area contributed by atoms with E-state index in [1.165, 1.54) is 23.5 Å². The summed E-state index contributed by atoms with van der Waals surface area (Å²) in [6, 6.07) is 0. The van der Waals surface area contributed by atoms with Crippen LogP contribution in [-0.2, 0) is 14.3 Å². The van der Waals surface area contributed by atoms with Gasteiger partial charge in [0.25, 0.3) is 0 Å². The summed E-state index contributed by atoms with van der Waals surface area (Å²) in [5, 5.41) is -0.532. The molecule has 0 spiro atoms. The SMILES string of the molecule is CC1(C)SC2C(=O)OC(=O)C2S1. The second kappa shape index (κ2) is 2.42. The van der Waals surface area contributed by atoms with Crippen LogP contribution < -0.4 is 0 Å². The van der Waals surface area contributed by atoms with E-state index in [9.17, 15) is 9.59 Å². The van der Waals surface area contributed by atoms with Gasteiger partial charge in [0.1, 0.15) is 10.5 Å². The van der Waals surface area contributed by atoms with Crippen LogP contribution in [0, 0.1) is 0 Å². The monoisotopic (exact) mass is 204 g/mol. The van der Waals surface area contributed by atoms with Gasteiger partial charge in [0.15, 0.2) is 0 Å². The van der Waals surface area contributed by atoms with Crippen molar-refractivity contribution in [1.82, 2.24) is 0 Å². The van der Waals surface area contributed by atoms with Crippen molar-refractivity contribution < 1.29 is 14.3 Å². The molecule has 0 bridgehead atoms. The highest BCUT2D eigenvalue weighted by Gasteiger charge is 2.54. The summed E-state index contributed by atoms with van der Waals surface area (Å²) in [6.07, 6.45) is 0. The first kappa shape index (κ1) is 8.44. The Bertz CT molecular complexity index is 237. The van der Waals surface area contributed by atoms with Gasteiger partial charge >= 0.3 is 11.9 Å². The molecule has 66 valence electrons. The van der Waals surface area contributed by atoms with E-state index in [2.05, 4.69) is 4.74 Å². The minimum Gasteiger partial charge on any atom is -0.391 e. The van der Waals surface area contributed by atoms with Crippen molar-refractivity contribution in [2.45, 2.75) is 28.4 Å². The molecular formula is C7H8O3S2. The third-order valence-corrected chi connectivity index (χ3v) is 5.08. The topological polar surface area (TPSA) is 43.4 Å². The van der Waals surface area contributed by atoms with E-state index in [1.54, 1.807) is 0 Å². The number of hydrogen-bond acceptors (Lipinski definition) is 5. The Labute approximate surface area is 78.6 Å². The number of thioether (sulfide) groups is 2. The maximum atomic E-state index is 11.1. The largest absolute Gasteiger partial charge is 0.391 e. The normalized spacial score (nSPS) is 38.2. The Kier molecular flexibility index (Phi) is 1.70. The highest BCUT2D eigenvalue weighted by atomic mass is 32.2. The van der Waals surface area contributed by atoms with Gasteiger partial charge in [-0.2, -0.15) is 0 Å². The molecule has 2 saturated heterocycles. The Hall–Kier alpha value is -0.160. The highest BCUT2D eigenvalue weighted by Crippen LogP contribution is 2.54. The lowest BCUT2D eigenvalue weighted by Crippen LogP contribution is -2.17. The first-order valence-corrected chi connectivity index (χ1v) is 5.37. The Morgan fingerprint density at radius 1 is 1.17 bits per heavy atom. The van der Waals surface area contributed by atoms with Crippen molar-refractivity contribution >= 4 is 35.5 Å². The van der Waals surface area contributed by atoms with Crippen molar-refractivity contribution in [2.24, 2.45) is 0 Å². The average Bonchev–Trinajstić information content (AvgIpc) is 2.34. The van der Waals surface area contributed by atoms with Crippen molar-refractivity contribution in [3.05, 3.63) is 0 Å². The number of cyclic esters (lactones) is 2. The van der Waals surface area contributed by atoms with Crippen LogP contribution >= 0.6 is 23.5 Å². The second-order valence-electron chi connectivity index (χ2n) is 3.22. The standard InChI is InChI=1S/C7H8O3S2/c1-7(2)11-3-4(12-7)6(9)10-5(3)8/h3-4H,1-2H3. The molecule has 2 fully saturated rings. The lowest BCUT2D eigenvalue weighted by molar-refractivity contribution is -0.151. The van der Waals surface area contributed by atoms with Crippen molar-refractivity contribution in [3.63, 3.8) is 0 Å². The summed E-state index contributed by atoms with van der Waals surface area (Å²) < 4.78 is 4.46. The van der Waals surface area contributed by atoms with Gasteiger partial charge in [0, 0.05) is 0 Å². The van der Waals surface area contributed by atoms with E-state index in [1.807, 2.05) is 13.8 Å². The molecule has 0 aliphatic carbocycles. The number of esters is 2. The molecule has 2 heterocycles. The third-order valence-electron chi connectivity index (χ3n) is 1.76. The van der Waals surface area contributed by atoms with Crippen molar-refractivity contribution in [3.8, 4) is 0 Å². The summed E-state index contributed by atoms with van der Waals surface area (Å²) in [5.74, 6) is -0.735. The molecule has 2 unspecified atom stereocenters. The van der Waals surface area contributed by atoms with Crippen molar-refractivity contribution in [1.29, 1.82) is 0 Å². The maximum Gasteiger partial charge on any atom is 0.328 e. The molecule has 3 nitrogen and oxygen atoms in total. The van der Waals surface area contributed by atoms with E-state index in [-0.39, 0.29) is 26.5 Å².